The van der Waals surface area contributed by atoms with Crippen molar-refractivity contribution in [1.29, 1.82) is 0 Å². The zero-order chi connectivity index (χ0) is 10.1. The SMILES string of the molecule is Nc1cc(Cl)ccc1C1CCC(N)C1. The standard InChI is InChI=1S/C11H15ClN2/c12-8-2-4-10(11(14)6-8)7-1-3-9(13)5-7/h2,4,6-7,9H,1,3,5,13-14H2. The maximum Gasteiger partial charge on any atom is 0.0426 e. The molecule has 4 N–H and O–H groups in total. The number of benzene rings is 1. The van der Waals surface area contributed by atoms with E-state index in [0.29, 0.717) is 17.0 Å². The number of nitrogens with two attached hydrogens (primary N) is 2. The van der Waals surface area contributed by atoms with Gasteiger partial charge < -0.3 is 11.5 Å². The lowest BCUT2D eigenvalue weighted by Gasteiger charge is -2.12. The van der Waals surface area contributed by atoms with Crippen LogP contribution in [0.4, 0.5) is 5.69 Å². The van der Waals surface area contributed by atoms with Crippen LogP contribution in [-0.4, -0.2) is 6.04 Å². The molecular formula is C11H15ClN2. The van der Waals surface area contributed by atoms with Crippen LogP contribution >= 0.6 is 11.6 Å². The van der Waals surface area contributed by atoms with Crippen molar-refractivity contribution in [3.63, 3.8) is 0 Å². The molecular weight excluding hydrogens is 196 g/mol. The van der Waals surface area contributed by atoms with Gasteiger partial charge in [-0.05, 0) is 42.9 Å². The molecule has 1 aliphatic rings. The highest BCUT2D eigenvalue weighted by molar-refractivity contribution is 6.30. The largest absolute Gasteiger partial charge is 0.398 e. The quantitative estimate of drug-likeness (QED) is 0.700. The molecule has 2 unspecified atom stereocenters. The first-order valence-electron chi connectivity index (χ1n) is 4.97. The van der Waals surface area contributed by atoms with Crippen LogP contribution in [0, 0.1) is 0 Å². The van der Waals surface area contributed by atoms with Crippen LogP contribution in [0.3, 0.4) is 0 Å². The molecule has 1 aromatic carbocycles. The Morgan fingerprint density at radius 2 is 2.07 bits per heavy atom. The van der Waals surface area contributed by atoms with Crippen molar-refractivity contribution in [2.45, 2.75) is 31.2 Å². The van der Waals surface area contributed by atoms with Gasteiger partial charge in [0, 0.05) is 16.8 Å². The molecule has 0 amide bonds. The van der Waals surface area contributed by atoms with E-state index in [1.807, 2.05) is 18.2 Å². The number of hydrogen-bond donors (Lipinski definition) is 2. The highest BCUT2D eigenvalue weighted by atomic mass is 35.5. The first-order valence-corrected chi connectivity index (χ1v) is 5.35. The molecule has 1 aliphatic carbocycles. The average Bonchev–Trinajstić information content (AvgIpc) is 2.51. The third kappa shape index (κ3) is 1.86. The van der Waals surface area contributed by atoms with E-state index in [9.17, 15) is 0 Å². The van der Waals surface area contributed by atoms with Gasteiger partial charge in [0.2, 0.25) is 0 Å². The van der Waals surface area contributed by atoms with Gasteiger partial charge in [-0.25, -0.2) is 0 Å². The van der Waals surface area contributed by atoms with Crippen LogP contribution in [0.5, 0.6) is 0 Å². The Labute approximate surface area is 89.2 Å². The van der Waals surface area contributed by atoms with Gasteiger partial charge in [-0.15, -0.1) is 0 Å². The van der Waals surface area contributed by atoms with Gasteiger partial charge in [-0.2, -0.15) is 0 Å². The molecule has 3 heteroatoms. The molecule has 1 saturated carbocycles. The molecule has 2 rings (SSSR count). The Kier molecular flexibility index (Phi) is 2.66. The summed E-state index contributed by atoms with van der Waals surface area (Å²) in [5, 5.41) is 0.702. The van der Waals surface area contributed by atoms with Gasteiger partial charge in [-0.1, -0.05) is 17.7 Å². The van der Waals surface area contributed by atoms with E-state index in [1.54, 1.807) is 0 Å². The van der Waals surface area contributed by atoms with E-state index in [2.05, 4.69) is 0 Å². The van der Waals surface area contributed by atoms with Crippen LogP contribution in [0.2, 0.25) is 5.02 Å². The maximum atomic E-state index is 5.92. The number of hydrogen-bond acceptors (Lipinski definition) is 2. The Morgan fingerprint density at radius 3 is 2.64 bits per heavy atom. The number of anilines is 1. The summed E-state index contributed by atoms with van der Waals surface area (Å²) in [4.78, 5) is 0. The summed E-state index contributed by atoms with van der Waals surface area (Å²) in [6, 6.07) is 6.09. The molecule has 0 saturated heterocycles. The van der Waals surface area contributed by atoms with Gasteiger partial charge in [-0.3, -0.25) is 0 Å². The van der Waals surface area contributed by atoms with Crippen molar-refractivity contribution < 1.29 is 0 Å². The van der Waals surface area contributed by atoms with Crippen molar-refractivity contribution in [3.8, 4) is 0 Å². The first kappa shape index (κ1) is 9.81. The van der Waals surface area contributed by atoms with E-state index in [-0.39, 0.29) is 0 Å². The number of halogens is 1. The lowest BCUT2D eigenvalue weighted by Crippen LogP contribution is -2.14. The molecule has 0 bridgehead atoms. The van der Waals surface area contributed by atoms with Gasteiger partial charge in [0.15, 0.2) is 0 Å². The van der Waals surface area contributed by atoms with Crippen LogP contribution in [0.1, 0.15) is 30.7 Å². The van der Waals surface area contributed by atoms with Crippen molar-refractivity contribution in [2.75, 3.05) is 5.73 Å². The molecule has 14 heavy (non-hydrogen) atoms. The predicted molar refractivity (Wildman–Crippen MR) is 60.4 cm³/mol. The Morgan fingerprint density at radius 1 is 1.29 bits per heavy atom. The van der Waals surface area contributed by atoms with E-state index in [4.69, 9.17) is 23.1 Å². The fraction of sp³-hybridized carbons (Fsp3) is 0.455. The zero-order valence-electron chi connectivity index (χ0n) is 8.04. The fourth-order valence-corrected chi connectivity index (χ4v) is 2.40. The molecule has 0 radical (unpaired) electrons. The van der Waals surface area contributed by atoms with Crippen molar-refractivity contribution >= 4 is 17.3 Å². The van der Waals surface area contributed by atoms with Crippen molar-refractivity contribution in [2.24, 2.45) is 5.73 Å². The minimum atomic E-state index is 0.343. The third-order valence-electron chi connectivity index (χ3n) is 2.96. The first-order chi connectivity index (χ1) is 6.66. The molecule has 2 nitrogen and oxygen atoms in total. The fourth-order valence-electron chi connectivity index (χ4n) is 2.22. The molecule has 2 atom stereocenters. The maximum absolute atomic E-state index is 5.92. The summed E-state index contributed by atoms with van der Waals surface area (Å²) in [5.41, 5.74) is 13.8. The van der Waals surface area contributed by atoms with Gasteiger partial charge in [0.1, 0.15) is 0 Å². The van der Waals surface area contributed by atoms with Crippen molar-refractivity contribution in [3.05, 3.63) is 28.8 Å². The average molecular weight is 211 g/mol. The summed E-state index contributed by atoms with van der Waals surface area (Å²) in [6.07, 6.45) is 3.30. The Balaban J connectivity index is 2.24. The lowest BCUT2D eigenvalue weighted by molar-refractivity contribution is 0.676. The normalized spacial score (nSPS) is 26.7. The molecule has 0 spiro atoms. The summed E-state index contributed by atoms with van der Waals surface area (Å²) in [6.45, 7) is 0. The highest BCUT2D eigenvalue weighted by Gasteiger charge is 2.24. The summed E-state index contributed by atoms with van der Waals surface area (Å²) >= 11 is 5.85. The van der Waals surface area contributed by atoms with Crippen LogP contribution < -0.4 is 11.5 Å². The Bertz CT molecular complexity index is 338. The minimum Gasteiger partial charge on any atom is -0.398 e. The second-order valence-electron chi connectivity index (χ2n) is 4.04. The van der Waals surface area contributed by atoms with Crippen LogP contribution in [0.25, 0.3) is 0 Å². The second-order valence-corrected chi connectivity index (χ2v) is 4.48. The van der Waals surface area contributed by atoms with E-state index in [1.165, 1.54) is 5.56 Å². The molecule has 76 valence electrons. The lowest BCUT2D eigenvalue weighted by atomic mass is 9.96. The third-order valence-corrected chi connectivity index (χ3v) is 3.20. The monoisotopic (exact) mass is 210 g/mol. The summed E-state index contributed by atoms with van der Waals surface area (Å²) < 4.78 is 0. The highest BCUT2D eigenvalue weighted by Crippen LogP contribution is 2.37. The summed E-state index contributed by atoms with van der Waals surface area (Å²) in [7, 11) is 0. The minimum absolute atomic E-state index is 0.343. The topological polar surface area (TPSA) is 52.0 Å². The van der Waals surface area contributed by atoms with Crippen LogP contribution in [-0.2, 0) is 0 Å². The Hall–Kier alpha value is -0.730. The van der Waals surface area contributed by atoms with Gasteiger partial charge in [0.05, 0.1) is 0 Å². The molecule has 1 fully saturated rings. The van der Waals surface area contributed by atoms with Gasteiger partial charge >= 0.3 is 0 Å². The molecule has 0 aromatic heterocycles. The summed E-state index contributed by atoms with van der Waals surface area (Å²) in [5.74, 6) is 0.530. The van der Waals surface area contributed by atoms with E-state index >= 15 is 0 Å². The number of rotatable bonds is 1. The number of nitrogen functional groups attached to an aromatic ring is 1. The zero-order valence-corrected chi connectivity index (χ0v) is 8.80. The predicted octanol–water partition coefficient (Wildman–Crippen LogP) is 2.52. The van der Waals surface area contributed by atoms with E-state index in [0.717, 1.165) is 24.9 Å². The molecule has 0 aliphatic heterocycles. The van der Waals surface area contributed by atoms with Gasteiger partial charge in [0.25, 0.3) is 0 Å². The van der Waals surface area contributed by atoms with Crippen molar-refractivity contribution in [1.82, 2.24) is 0 Å². The molecule has 0 heterocycles. The second kappa shape index (κ2) is 3.79. The smallest absolute Gasteiger partial charge is 0.0426 e. The van der Waals surface area contributed by atoms with E-state index < -0.39 is 0 Å². The molecule has 1 aromatic rings. The van der Waals surface area contributed by atoms with Crippen LogP contribution in [0.15, 0.2) is 18.2 Å².